The van der Waals surface area contributed by atoms with Crippen molar-refractivity contribution in [3.8, 4) is 5.75 Å². The van der Waals surface area contributed by atoms with Crippen molar-refractivity contribution < 1.29 is 9.84 Å². The van der Waals surface area contributed by atoms with E-state index in [0.29, 0.717) is 0 Å². The van der Waals surface area contributed by atoms with E-state index in [0.717, 1.165) is 34.7 Å². The molecule has 1 fully saturated rings. The largest absolute Gasteiger partial charge is 0.492 e. The fraction of sp³-hybridized carbons (Fsp3) is 0.500. The molecule has 0 aromatic heterocycles. The molecule has 2 rings (SSSR count). The Hall–Kier alpha value is -0.540. The van der Waals surface area contributed by atoms with Crippen LogP contribution < -0.4 is 4.74 Å². The van der Waals surface area contributed by atoms with Crippen molar-refractivity contribution in [2.24, 2.45) is 5.92 Å². The van der Waals surface area contributed by atoms with Crippen LogP contribution in [0.25, 0.3) is 0 Å². The van der Waals surface area contributed by atoms with Crippen LogP contribution >= 0.6 is 15.9 Å². The zero-order chi connectivity index (χ0) is 10.7. The zero-order valence-electron chi connectivity index (χ0n) is 8.58. The molecule has 1 aromatic carbocycles. The summed E-state index contributed by atoms with van der Waals surface area (Å²) in [5.74, 6) is 1.77. The number of halogens is 1. The number of rotatable bonds is 5. The van der Waals surface area contributed by atoms with Crippen molar-refractivity contribution >= 4 is 15.9 Å². The van der Waals surface area contributed by atoms with E-state index < -0.39 is 0 Å². The average Bonchev–Trinajstić information content (AvgIpc) is 3.04. The van der Waals surface area contributed by atoms with Gasteiger partial charge in [0.15, 0.2) is 0 Å². The molecule has 1 aliphatic rings. The minimum absolute atomic E-state index is 0.0704. The molecule has 0 bridgehead atoms. The second-order valence-corrected chi connectivity index (χ2v) is 4.86. The van der Waals surface area contributed by atoms with Gasteiger partial charge in [0, 0.05) is 0 Å². The van der Waals surface area contributed by atoms with Crippen LogP contribution in [-0.2, 0) is 6.61 Å². The Labute approximate surface area is 98.4 Å². The minimum atomic E-state index is 0.0704. The Morgan fingerprint density at radius 1 is 1.40 bits per heavy atom. The van der Waals surface area contributed by atoms with Crippen LogP contribution in [0, 0.1) is 5.92 Å². The first-order chi connectivity index (χ1) is 7.29. The van der Waals surface area contributed by atoms with Crippen LogP contribution in [0.5, 0.6) is 5.75 Å². The van der Waals surface area contributed by atoms with Crippen LogP contribution in [0.4, 0.5) is 0 Å². The number of hydrogen-bond donors (Lipinski definition) is 1. The molecule has 0 radical (unpaired) electrons. The SMILES string of the molecule is OCc1ccc(OCCC2CC2)c(Br)c1. The molecule has 0 unspecified atom stereocenters. The third kappa shape index (κ3) is 3.21. The molecule has 82 valence electrons. The fourth-order valence-electron chi connectivity index (χ4n) is 1.50. The predicted molar refractivity (Wildman–Crippen MR) is 62.9 cm³/mol. The topological polar surface area (TPSA) is 29.5 Å². The molecule has 15 heavy (non-hydrogen) atoms. The van der Waals surface area contributed by atoms with E-state index >= 15 is 0 Å². The van der Waals surface area contributed by atoms with Crippen LogP contribution in [0.2, 0.25) is 0 Å². The van der Waals surface area contributed by atoms with Gasteiger partial charge in [0.2, 0.25) is 0 Å². The lowest BCUT2D eigenvalue weighted by molar-refractivity contribution is 0.280. The van der Waals surface area contributed by atoms with E-state index in [9.17, 15) is 0 Å². The highest BCUT2D eigenvalue weighted by Crippen LogP contribution is 2.33. The summed E-state index contributed by atoms with van der Waals surface area (Å²) in [5.41, 5.74) is 0.899. The van der Waals surface area contributed by atoms with E-state index in [4.69, 9.17) is 9.84 Å². The first-order valence-electron chi connectivity index (χ1n) is 5.31. The first kappa shape index (κ1) is 11.0. The molecule has 2 nitrogen and oxygen atoms in total. The third-order valence-corrected chi connectivity index (χ3v) is 3.28. The van der Waals surface area contributed by atoms with E-state index in [-0.39, 0.29) is 6.61 Å². The van der Waals surface area contributed by atoms with E-state index in [1.807, 2.05) is 18.2 Å². The van der Waals surface area contributed by atoms with Crippen molar-refractivity contribution in [3.05, 3.63) is 28.2 Å². The predicted octanol–water partition coefficient (Wildman–Crippen LogP) is 3.12. The Kier molecular flexibility index (Phi) is 3.65. The maximum Gasteiger partial charge on any atom is 0.133 e. The molecule has 0 atom stereocenters. The summed E-state index contributed by atoms with van der Waals surface area (Å²) in [7, 11) is 0. The molecule has 0 heterocycles. The highest BCUT2D eigenvalue weighted by atomic mass is 79.9. The van der Waals surface area contributed by atoms with Gasteiger partial charge < -0.3 is 9.84 Å². The lowest BCUT2D eigenvalue weighted by atomic mass is 10.2. The number of aliphatic hydroxyl groups is 1. The summed E-state index contributed by atoms with van der Waals surface area (Å²) >= 11 is 3.43. The summed E-state index contributed by atoms with van der Waals surface area (Å²) in [4.78, 5) is 0. The van der Waals surface area contributed by atoms with Gasteiger partial charge in [-0.15, -0.1) is 0 Å². The Bertz CT molecular complexity index is 334. The zero-order valence-corrected chi connectivity index (χ0v) is 10.2. The summed E-state index contributed by atoms with van der Waals surface area (Å²) in [6, 6.07) is 5.69. The fourth-order valence-corrected chi connectivity index (χ4v) is 2.04. The number of aliphatic hydroxyl groups excluding tert-OH is 1. The molecule has 0 amide bonds. The van der Waals surface area contributed by atoms with Crippen LogP contribution in [0.1, 0.15) is 24.8 Å². The molecule has 0 spiro atoms. The molecule has 3 heteroatoms. The minimum Gasteiger partial charge on any atom is -0.492 e. The van der Waals surface area contributed by atoms with E-state index in [1.165, 1.54) is 12.8 Å². The van der Waals surface area contributed by atoms with E-state index in [2.05, 4.69) is 15.9 Å². The van der Waals surface area contributed by atoms with Gasteiger partial charge in [-0.1, -0.05) is 18.9 Å². The standard InChI is InChI=1S/C12H15BrO2/c13-11-7-10(8-14)3-4-12(11)15-6-5-9-1-2-9/h3-4,7,9,14H,1-2,5-6,8H2. The molecule has 0 aliphatic heterocycles. The molecule has 1 aliphatic carbocycles. The lowest BCUT2D eigenvalue weighted by Gasteiger charge is -2.08. The molecular formula is C12H15BrO2. The smallest absolute Gasteiger partial charge is 0.133 e. The number of hydrogen-bond acceptors (Lipinski definition) is 2. The van der Waals surface area contributed by atoms with Gasteiger partial charge in [-0.3, -0.25) is 0 Å². The number of benzene rings is 1. The van der Waals surface area contributed by atoms with Crippen LogP contribution in [0.3, 0.4) is 0 Å². The molecular weight excluding hydrogens is 256 g/mol. The molecule has 1 N–H and O–H groups in total. The van der Waals surface area contributed by atoms with Crippen molar-refractivity contribution in [2.45, 2.75) is 25.9 Å². The van der Waals surface area contributed by atoms with E-state index in [1.54, 1.807) is 0 Å². The third-order valence-electron chi connectivity index (χ3n) is 2.66. The monoisotopic (exact) mass is 270 g/mol. The van der Waals surface area contributed by atoms with Crippen molar-refractivity contribution in [1.29, 1.82) is 0 Å². The average molecular weight is 271 g/mol. The maximum atomic E-state index is 8.95. The van der Waals surface area contributed by atoms with Gasteiger partial charge in [-0.2, -0.15) is 0 Å². The normalized spacial score (nSPS) is 15.3. The first-order valence-corrected chi connectivity index (χ1v) is 6.11. The summed E-state index contributed by atoms with van der Waals surface area (Å²) < 4.78 is 6.58. The quantitative estimate of drug-likeness (QED) is 0.891. The Morgan fingerprint density at radius 2 is 2.20 bits per heavy atom. The van der Waals surface area contributed by atoms with Gasteiger partial charge in [0.05, 0.1) is 17.7 Å². The van der Waals surface area contributed by atoms with Crippen molar-refractivity contribution in [2.75, 3.05) is 6.61 Å². The second kappa shape index (κ2) is 4.99. The molecule has 0 saturated heterocycles. The summed E-state index contributed by atoms with van der Waals surface area (Å²) in [6.07, 6.45) is 3.90. The van der Waals surface area contributed by atoms with Crippen molar-refractivity contribution in [3.63, 3.8) is 0 Å². The maximum absolute atomic E-state index is 8.95. The van der Waals surface area contributed by atoms with Gasteiger partial charge in [0.25, 0.3) is 0 Å². The highest BCUT2D eigenvalue weighted by Gasteiger charge is 2.20. The Morgan fingerprint density at radius 3 is 2.80 bits per heavy atom. The van der Waals surface area contributed by atoms with Crippen LogP contribution in [0.15, 0.2) is 22.7 Å². The lowest BCUT2D eigenvalue weighted by Crippen LogP contribution is -1.99. The highest BCUT2D eigenvalue weighted by molar-refractivity contribution is 9.10. The van der Waals surface area contributed by atoms with Gasteiger partial charge >= 0.3 is 0 Å². The van der Waals surface area contributed by atoms with Crippen molar-refractivity contribution in [1.82, 2.24) is 0 Å². The summed E-state index contributed by atoms with van der Waals surface area (Å²) in [5, 5.41) is 8.95. The second-order valence-electron chi connectivity index (χ2n) is 4.00. The molecule has 1 aromatic rings. The van der Waals surface area contributed by atoms with Gasteiger partial charge in [-0.25, -0.2) is 0 Å². The van der Waals surface area contributed by atoms with Gasteiger partial charge in [-0.05, 0) is 46.0 Å². The molecule has 1 saturated carbocycles. The summed E-state index contributed by atoms with van der Waals surface area (Å²) in [6.45, 7) is 0.864. The Balaban J connectivity index is 1.88. The van der Waals surface area contributed by atoms with Crippen LogP contribution in [-0.4, -0.2) is 11.7 Å². The number of ether oxygens (including phenoxy) is 1. The van der Waals surface area contributed by atoms with Gasteiger partial charge in [0.1, 0.15) is 5.75 Å².